The Morgan fingerprint density at radius 2 is 1.68 bits per heavy atom. The minimum atomic E-state index is -0.142. The van der Waals surface area contributed by atoms with Gasteiger partial charge in [-0.15, -0.1) is 0 Å². The van der Waals surface area contributed by atoms with Crippen molar-refractivity contribution >= 4 is 17.5 Å². The molecule has 1 aliphatic rings. The first-order valence-corrected chi connectivity index (χ1v) is 9.85. The largest absolute Gasteiger partial charge is 0.489 e. The molecule has 0 radical (unpaired) electrons. The van der Waals surface area contributed by atoms with Crippen molar-refractivity contribution in [1.82, 2.24) is 4.90 Å². The molecule has 0 atom stereocenters. The van der Waals surface area contributed by atoms with Crippen LogP contribution >= 0.6 is 0 Å². The number of hydrogen-bond donors (Lipinski definition) is 0. The van der Waals surface area contributed by atoms with Crippen LogP contribution in [0.1, 0.15) is 32.3 Å². The molecule has 2 aromatic carbocycles. The average Bonchev–Trinajstić information content (AvgIpc) is 2.72. The molecule has 2 aromatic rings. The van der Waals surface area contributed by atoms with Gasteiger partial charge in [0.15, 0.2) is 0 Å². The Bertz CT molecular complexity index is 781. The molecule has 0 bridgehead atoms. The zero-order chi connectivity index (χ0) is 19.9. The maximum Gasteiger partial charge on any atom is 0.242 e. The molecule has 5 nitrogen and oxygen atoms in total. The zero-order valence-electron chi connectivity index (χ0n) is 16.6. The molecule has 28 heavy (non-hydrogen) atoms. The lowest BCUT2D eigenvalue weighted by molar-refractivity contribution is -0.132. The van der Waals surface area contributed by atoms with E-state index < -0.39 is 0 Å². The first kappa shape index (κ1) is 19.9. The molecule has 3 rings (SSSR count). The van der Waals surface area contributed by atoms with Crippen LogP contribution < -0.4 is 9.64 Å². The van der Waals surface area contributed by atoms with Gasteiger partial charge in [-0.25, -0.2) is 0 Å². The molecular formula is C23H28N2O3. The van der Waals surface area contributed by atoms with Crippen LogP contribution in [0.15, 0.2) is 54.6 Å². The fraction of sp³-hybridized carbons (Fsp3) is 0.391. The molecule has 148 valence electrons. The van der Waals surface area contributed by atoms with Gasteiger partial charge in [0.1, 0.15) is 18.9 Å². The van der Waals surface area contributed by atoms with Gasteiger partial charge in [0, 0.05) is 25.7 Å². The lowest BCUT2D eigenvalue weighted by Gasteiger charge is -2.32. The third-order valence-electron chi connectivity index (χ3n) is 5.21. The highest BCUT2D eigenvalue weighted by Crippen LogP contribution is 2.22. The molecule has 0 aromatic heterocycles. The number of likely N-dealkylation sites (tertiary alicyclic amines) is 1. The summed E-state index contributed by atoms with van der Waals surface area (Å²) in [5.74, 6) is 1.26. The van der Waals surface area contributed by atoms with Crippen molar-refractivity contribution in [2.45, 2.75) is 33.3 Å². The van der Waals surface area contributed by atoms with Crippen molar-refractivity contribution in [2.24, 2.45) is 5.92 Å². The molecule has 0 aliphatic carbocycles. The number of nitrogens with zero attached hydrogens (tertiary/aromatic N) is 2. The van der Waals surface area contributed by atoms with E-state index >= 15 is 0 Å². The Hall–Kier alpha value is -2.82. The van der Waals surface area contributed by atoms with E-state index in [9.17, 15) is 9.59 Å². The van der Waals surface area contributed by atoms with Gasteiger partial charge in [-0.3, -0.25) is 9.59 Å². The summed E-state index contributed by atoms with van der Waals surface area (Å²) in [6, 6.07) is 17.3. The lowest BCUT2D eigenvalue weighted by atomic mass is 9.99. The standard InChI is InChI=1S/C23H28N2O3/c1-18-12-14-24(15-13-18)23(27)16-25(19(2)26)21-8-10-22(11-9-21)28-17-20-6-4-3-5-7-20/h3-11,18H,12-17H2,1-2H3. The molecule has 0 saturated carbocycles. The molecule has 0 unspecified atom stereocenters. The van der Waals surface area contributed by atoms with E-state index in [-0.39, 0.29) is 18.4 Å². The molecule has 2 amide bonds. The fourth-order valence-electron chi connectivity index (χ4n) is 3.34. The second-order valence-corrected chi connectivity index (χ2v) is 7.44. The predicted molar refractivity (Wildman–Crippen MR) is 110 cm³/mol. The van der Waals surface area contributed by atoms with Crippen LogP contribution in [0.5, 0.6) is 5.75 Å². The first-order chi connectivity index (χ1) is 13.5. The van der Waals surface area contributed by atoms with E-state index in [1.165, 1.54) is 11.8 Å². The molecule has 1 heterocycles. The van der Waals surface area contributed by atoms with Gasteiger partial charge < -0.3 is 14.5 Å². The van der Waals surface area contributed by atoms with Crippen LogP contribution in [0.25, 0.3) is 0 Å². The normalized spacial score (nSPS) is 14.6. The Kier molecular flexibility index (Phi) is 6.69. The second-order valence-electron chi connectivity index (χ2n) is 7.44. The van der Waals surface area contributed by atoms with E-state index in [0.29, 0.717) is 18.2 Å². The zero-order valence-corrected chi connectivity index (χ0v) is 16.6. The number of carbonyl (C=O) groups is 2. The van der Waals surface area contributed by atoms with Gasteiger partial charge in [-0.2, -0.15) is 0 Å². The van der Waals surface area contributed by atoms with Crippen LogP contribution in [-0.2, 0) is 16.2 Å². The van der Waals surface area contributed by atoms with Crippen LogP contribution in [0.2, 0.25) is 0 Å². The Balaban J connectivity index is 1.60. The van der Waals surface area contributed by atoms with Crippen molar-refractivity contribution in [3.05, 3.63) is 60.2 Å². The summed E-state index contributed by atoms with van der Waals surface area (Å²) in [6.45, 7) is 5.82. The van der Waals surface area contributed by atoms with Gasteiger partial charge in [0.2, 0.25) is 11.8 Å². The summed E-state index contributed by atoms with van der Waals surface area (Å²) in [5, 5.41) is 0. The van der Waals surface area contributed by atoms with Gasteiger partial charge in [-0.05, 0) is 48.6 Å². The molecule has 1 aliphatic heterocycles. The molecule has 1 saturated heterocycles. The smallest absolute Gasteiger partial charge is 0.242 e. The molecule has 1 fully saturated rings. The average molecular weight is 380 g/mol. The topological polar surface area (TPSA) is 49.9 Å². The van der Waals surface area contributed by atoms with E-state index in [4.69, 9.17) is 4.74 Å². The van der Waals surface area contributed by atoms with Crippen LogP contribution in [-0.4, -0.2) is 36.3 Å². The van der Waals surface area contributed by atoms with E-state index in [1.54, 1.807) is 0 Å². The first-order valence-electron chi connectivity index (χ1n) is 9.85. The number of benzene rings is 2. The van der Waals surface area contributed by atoms with Gasteiger partial charge >= 0.3 is 0 Å². The number of amides is 2. The van der Waals surface area contributed by atoms with E-state index in [1.807, 2.05) is 59.5 Å². The summed E-state index contributed by atoms with van der Waals surface area (Å²) >= 11 is 0. The summed E-state index contributed by atoms with van der Waals surface area (Å²) < 4.78 is 5.79. The SMILES string of the molecule is CC(=O)N(CC(=O)N1CCC(C)CC1)c1ccc(OCc2ccccc2)cc1. The quantitative estimate of drug-likeness (QED) is 0.764. The van der Waals surface area contributed by atoms with Crippen molar-refractivity contribution < 1.29 is 14.3 Å². The molecule has 0 spiro atoms. The van der Waals surface area contributed by atoms with E-state index in [0.717, 1.165) is 37.2 Å². The van der Waals surface area contributed by atoms with Crippen molar-refractivity contribution in [3.8, 4) is 5.75 Å². The minimum Gasteiger partial charge on any atom is -0.489 e. The number of carbonyl (C=O) groups excluding carboxylic acids is 2. The highest BCUT2D eigenvalue weighted by atomic mass is 16.5. The third kappa shape index (κ3) is 5.35. The lowest BCUT2D eigenvalue weighted by Crippen LogP contribution is -2.45. The fourth-order valence-corrected chi connectivity index (χ4v) is 3.34. The minimum absolute atomic E-state index is 0.00602. The van der Waals surface area contributed by atoms with Crippen molar-refractivity contribution in [2.75, 3.05) is 24.5 Å². The number of hydrogen-bond acceptors (Lipinski definition) is 3. The van der Waals surface area contributed by atoms with Gasteiger partial charge in [0.25, 0.3) is 0 Å². The van der Waals surface area contributed by atoms with Crippen LogP contribution in [0.3, 0.4) is 0 Å². The molecule has 0 N–H and O–H groups in total. The Morgan fingerprint density at radius 1 is 1.04 bits per heavy atom. The highest BCUT2D eigenvalue weighted by molar-refractivity contribution is 5.97. The Labute approximate surface area is 166 Å². The summed E-state index contributed by atoms with van der Waals surface area (Å²) in [7, 11) is 0. The maximum absolute atomic E-state index is 12.6. The Morgan fingerprint density at radius 3 is 2.29 bits per heavy atom. The number of ether oxygens (including phenoxy) is 1. The van der Waals surface area contributed by atoms with Gasteiger partial charge in [-0.1, -0.05) is 37.3 Å². The maximum atomic E-state index is 12.6. The monoisotopic (exact) mass is 380 g/mol. The predicted octanol–water partition coefficient (Wildman–Crippen LogP) is 3.88. The third-order valence-corrected chi connectivity index (χ3v) is 5.21. The molecular weight excluding hydrogens is 352 g/mol. The number of piperidine rings is 1. The second kappa shape index (κ2) is 9.40. The van der Waals surface area contributed by atoms with Crippen molar-refractivity contribution in [3.63, 3.8) is 0 Å². The van der Waals surface area contributed by atoms with Crippen molar-refractivity contribution in [1.29, 1.82) is 0 Å². The van der Waals surface area contributed by atoms with Gasteiger partial charge in [0.05, 0.1) is 0 Å². The highest BCUT2D eigenvalue weighted by Gasteiger charge is 2.23. The van der Waals surface area contributed by atoms with Crippen LogP contribution in [0.4, 0.5) is 5.69 Å². The summed E-state index contributed by atoms with van der Waals surface area (Å²) in [6.07, 6.45) is 2.05. The van der Waals surface area contributed by atoms with E-state index in [2.05, 4.69) is 6.92 Å². The number of rotatable bonds is 6. The summed E-state index contributed by atoms with van der Waals surface area (Å²) in [4.78, 5) is 28.2. The number of anilines is 1. The van der Waals surface area contributed by atoms with Crippen LogP contribution in [0, 0.1) is 5.92 Å². The molecule has 5 heteroatoms. The summed E-state index contributed by atoms with van der Waals surface area (Å²) in [5.41, 5.74) is 1.80.